The molecule has 1 aliphatic heterocycles. The third kappa shape index (κ3) is 2.88. The molecule has 0 radical (unpaired) electrons. The van der Waals surface area contributed by atoms with E-state index in [0.717, 1.165) is 38.5 Å². The zero-order valence-corrected chi connectivity index (χ0v) is 14.5. The molecule has 0 bridgehead atoms. The van der Waals surface area contributed by atoms with Crippen molar-refractivity contribution in [3.63, 3.8) is 0 Å². The molecular weight excluding hydrogens is 304 g/mol. The lowest BCUT2D eigenvalue weighted by Crippen LogP contribution is -2.62. The first-order valence-corrected chi connectivity index (χ1v) is 9.37. The third-order valence-corrected chi connectivity index (χ3v) is 6.31. The van der Waals surface area contributed by atoms with Crippen molar-refractivity contribution in [2.75, 3.05) is 26.3 Å². The monoisotopic (exact) mass is 332 g/mol. The number of rotatable bonds is 5. The lowest BCUT2D eigenvalue weighted by Gasteiger charge is -2.47. The summed E-state index contributed by atoms with van der Waals surface area (Å²) in [6.45, 7) is 5.79. The summed E-state index contributed by atoms with van der Waals surface area (Å²) in [7, 11) is 0. The SMILES string of the molecule is C[C@H](NC(=O)[C@H]1C[C@H]1c1ccco1)C1(N2CCOCC2)CCCC1. The smallest absolute Gasteiger partial charge is 0.224 e. The van der Waals surface area contributed by atoms with Gasteiger partial charge in [0.2, 0.25) is 5.91 Å². The van der Waals surface area contributed by atoms with Crippen LogP contribution < -0.4 is 5.32 Å². The molecule has 1 N–H and O–H groups in total. The van der Waals surface area contributed by atoms with Crippen LogP contribution in [0.15, 0.2) is 22.8 Å². The van der Waals surface area contributed by atoms with Gasteiger partial charge in [-0.2, -0.15) is 0 Å². The van der Waals surface area contributed by atoms with Crippen molar-refractivity contribution in [2.24, 2.45) is 5.92 Å². The van der Waals surface area contributed by atoms with E-state index in [1.807, 2.05) is 12.1 Å². The number of furan rings is 1. The van der Waals surface area contributed by atoms with Crippen molar-refractivity contribution in [1.29, 1.82) is 0 Å². The van der Waals surface area contributed by atoms with Crippen LogP contribution in [0.25, 0.3) is 0 Å². The van der Waals surface area contributed by atoms with E-state index in [4.69, 9.17) is 9.15 Å². The quantitative estimate of drug-likeness (QED) is 0.900. The summed E-state index contributed by atoms with van der Waals surface area (Å²) in [5.74, 6) is 1.51. The summed E-state index contributed by atoms with van der Waals surface area (Å²) < 4.78 is 11.0. The van der Waals surface area contributed by atoms with E-state index >= 15 is 0 Å². The zero-order chi connectivity index (χ0) is 16.6. The van der Waals surface area contributed by atoms with E-state index in [1.54, 1.807) is 6.26 Å². The summed E-state index contributed by atoms with van der Waals surface area (Å²) in [5.41, 5.74) is 0.120. The first-order valence-electron chi connectivity index (χ1n) is 9.37. The van der Waals surface area contributed by atoms with Crippen LogP contribution >= 0.6 is 0 Å². The lowest BCUT2D eigenvalue weighted by molar-refractivity contribution is -0.124. The van der Waals surface area contributed by atoms with Crippen molar-refractivity contribution >= 4 is 5.91 Å². The Morgan fingerprint density at radius 1 is 1.33 bits per heavy atom. The van der Waals surface area contributed by atoms with Crippen LogP contribution in [0, 0.1) is 5.92 Å². The van der Waals surface area contributed by atoms with Gasteiger partial charge in [-0.05, 0) is 38.3 Å². The Morgan fingerprint density at radius 2 is 2.08 bits per heavy atom. The molecule has 1 amide bonds. The van der Waals surface area contributed by atoms with Gasteiger partial charge in [-0.1, -0.05) is 12.8 Å². The average Bonchev–Trinajstić information content (AvgIpc) is 3.04. The normalized spacial score (nSPS) is 30.9. The topological polar surface area (TPSA) is 54.7 Å². The van der Waals surface area contributed by atoms with Crippen molar-refractivity contribution < 1.29 is 13.9 Å². The maximum absolute atomic E-state index is 12.7. The highest BCUT2D eigenvalue weighted by Gasteiger charge is 2.49. The van der Waals surface area contributed by atoms with Crippen molar-refractivity contribution in [3.8, 4) is 0 Å². The predicted octanol–water partition coefficient (Wildman–Crippen LogP) is 2.53. The van der Waals surface area contributed by atoms with E-state index in [-0.39, 0.29) is 29.3 Å². The number of nitrogens with zero attached hydrogens (tertiary/aromatic N) is 1. The van der Waals surface area contributed by atoms with Crippen LogP contribution in [0.3, 0.4) is 0 Å². The molecule has 5 heteroatoms. The average molecular weight is 332 g/mol. The molecule has 24 heavy (non-hydrogen) atoms. The Hall–Kier alpha value is -1.33. The van der Waals surface area contributed by atoms with Gasteiger partial charge in [-0.15, -0.1) is 0 Å². The summed E-state index contributed by atoms with van der Waals surface area (Å²) in [4.78, 5) is 15.3. The van der Waals surface area contributed by atoms with Crippen molar-refractivity contribution in [2.45, 2.75) is 56.5 Å². The Kier molecular flexibility index (Phi) is 4.39. The fraction of sp³-hybridized carbons (Fsp3) is 0.737. The van der Waals surface area contributed by atoms with Gasteiger partial charge in [0.25, 0.3) is 0 Å². The van der Waals surface area contributed by atoms with Gasteiger partial charge in [0.15, 0.2) is 0 Å². The molecule has 2 aliphatic carbocycles. The van der Waals surface area contributed by atoms with Gasteiger partial charge in [0, 0.05) is 36.5 Å². The standard InChI is InChI=1S/C19H28N2O3/c1-14(19(6-2-3-7-19)21-8-11-23-12-9-21)20-18(22)16-13-15(16)17-5-4-10-24-17/h4-5,10,14-16H,2-3,6-9,11-13H2,1H3,(H,20,22)/t14-,15+,16-/m0/s1. The predicted molar refractivity (Wildman–Crippen MR) is 90.8 cm³/mol. The Morgan fingerprint density at radius 3 is 2.75 bits per heavy atom. The highest BCUT2D eigenvalue weighted by Crippen LogP contribution is 2.48. The second-order valence-corrected chi connectivity index (χ2v) is 7.60. The van der Waals surface area contributed by atoms with Crippen LogP contribution in [0.2, 0.25) is 0 Å². The second kappa shape index (κ2) is 6.52. The van der Waals surface area contributed by atoms with E-state index in [9.17, 15) is 4.79 Å². The summed E-state index contributed by atoms with van der Waals surface area (Å²) in [5, 5.41) is 3.35. The fourth-order valence-electron chi connectivity index (χ4n) is 4.78. The van der Waals surface area contributed by atoms with Gasteiger partial charge in [-0.25, -0.2) is 0 Å². The zero-order valence-electron chi connectivity index (χ0n) is 14.5. The summed E-state index contributed by atoms with van der Waals surface area (Å²) in [6.07, 6.45) is 7.49. The number of morpholine rings is 1. The van der Waals surface area contributed by atoms with Crippen LogP contribution in [0.5, 0.6) is 0 Å². The molecule has 0 spiro atoms. The molecule has 4 rings (SSSR count). The van der Waals surface area contributed by atoms with Crippen LogP contribution in [0.4, 0.5) is 0 Å². The van der Waals surface area contributed by atoms with Gasteiger partial charge < -0.3 is 14.5 Å². The minimum atomic E-state index is 0.0849. The van der Waals surface area contributed by atoms with Gasteiger partial charge in [0.05, 0.1) is 19.5 Å². The molecule has 0 aromatic carbocycles. The summed E-state index contributed by atoms with van der Waals surface area (Å²) >= 11 is 0. The molecule has 0 unspecified atom stereocenters. The molecular formula is C19H28N2O3. The highest BCUT2D eigenvalue weighted by molar-refractivity contribution is 5.83. The molecule has 5 nitrogen and oxygen atoms in total. The Labute approximate surface area is 143 Å². The lowest BCUT2D eigenvalue weighted by atomic mass is 9.86. The van der Waals surface area contributed by atoms with E-state index < -0.39 is 0 Å². The minimum Gasteiger partial charge on any atom is -0.469 e. The van der Waals surface area contributed by atoms with E-state index in [2.05, 4.69) is 17.1 Å². The first-order chi connectivity index (χ1) is 11.7. The fourth-order valence-corrected chi connectivity index (χ4v) is 4.78. The Bertz CT molecular complexity index is 559. The van der Waals surface area contributed by atoms with E-state index in [0.29, 0.717) is 0 Å². The molecule has 2 saturated carbocycles. The number of hydrogen-bond donors (Lipinski definition) is 1. The van der Waals surface area contributed by atoms with Crippen molar-refractivity contribution in [3.05, 3.63) is 24.2 Å². The molecule has 1 aromatic heterocycles. The summed E-state index contributed by atoms with van der Waals surface area (Å²) in [6, 6.07) is 4.06. The molecule has 132 valence electrons. The van der Waals surface area contributed by atoms with Crippen molar-refractivity contribution in [1.82, 2.24) is 10.2 Å². The molecule has 2 heterocycles. The number of nitrogens with one attached hydrogen (secondary N) is 1. The second-order valence-electron chi connectivity index (χ2n) is 7.60. The van der Waals surface area contributed by atoms with Gasteiger partial charge in [-0.3, -0.25) is 9.69 Å². The number of ether oxygens (including phenoxy) is 1. The number of carbonyl (C=O) groups excluding carboxylic acids is 1. The number of hydrogen-bond acceptors (Lipinski definition) is 4. The Balaban J connectivity index is 1.40. The molecule has 3 aliphatic rings. The first kappa shape index (κ1) is 16.2. The van der Waals surface area contributed by atoms with E-state index in [1.165, 1.54) is 25.7 Å². The van der Waals surface area contributed by atoms with Crippen LogP contribution in [-0.2, 0) is 9.53 Å². The molecule has 1 aromatic rings. The third-order valence-electron chi connectivity index (χ3n) is 6.31. The molecule has 1 saturated heterocycles. The largest absolute Gasteiger partial charge is 0.469 e. The van der Waals surface area contributed by atoms with Crippen LogP contribution in [0.1, 0.15) is 50.7 Å². The highest BCUT2D eigenvalue weighted by atomic mass is 16.5. The van der Waals surface area contributed by atoms with Gasteiger partial charge in [0.1, 0.15) is 5.76 Å². The minimum absolute atomic E-state index is 0.0849. The maximum atomic E-state index is 12.7. The molecule has 3 fully saturated rings. The maximum Gasteiger partial charge on any atom is 0.224 e. The number of carbonyl (C=O) groups is 1. The number of amides is 1. The molecule has 3 atom stereocenters. The van der Waals surface area contributed by atoms with Gasteiger partial charge >= 0.3 is 0 Å². The van der Waals surface area contributed by atoms with Crippen LogP contribution in [-0.4, -0.2) is 48.7 Å².